The molecule has 0 bridgehead atoms. The number of hydrogen-bond donors (Lipinski definition) is 10. The highest BCUT2D eigenvalue weighted by Crippen LogP contribution is 2.49. The van der Waals surface area contributed by atoms with Crippen LogP contribution in [0.1, 0.15) is 17.0 Å². The number of aliphatic carboxylic acids is 3. The van der Waals surface area contributed by atoms with E-state index in [4.69, 9.17) is 22.3 Å². The number of phenolic OH excluding ortho intramolecular Hbond substituents is 2. The fraction of sp³-hybridized carbons (Fsp3) is 0.286. The first-order chi connectivity index (χ1) is 17.9. The number of aromatic nitrogens is 4. The second-order valence-electron chi connectivity index (χ2n) is 8.08. The van der Waals surface area contributed by atoms with Crippen LogP contribution in [0, 0.1) is 0 Å². The van der Waals surface area contributed by atoms with Crippen LogP contribution in [0.5, 0.6) is 11.5 Å². The summed E-state index contributed by atoms with van der Waals surface area (Å²) in [6.45, 7) is 0. The van der Waals surface area contributed by atoms with Crippen molar-refractivity contribution in [2.45, 2.75) is 57.2 Å². The lowest BCUT2D eigenvalue weighted by Crippen LogP contribution is -2.32. The van der Waals surface area contributed by atoms with E-state index < -0.39 is 47.5 Å². The van der Waals surface area contributed by atoms with E-state index in [9.17, 15) is 34.8 Å². The summed E-state index contributed by atoms with van der Waals surface area (Å²) in [4.78, 5) is 48.2. The van der Waals surface area contributed by atoms with E-state index in [0.29, 0.717) is 11.4 Å². The maximum Gasteiger partial charge on any atom is 0.320 e. The maximum absolute atomic E-state index is 11.5. The largest absolute Gasteiger partial charge is 0.504 e. The number of rotatable bonds is 13. The molecule has 17 heteroatoms. The smallest absolute Gasteiger partial charge is 0.320 e. The Balaban J connectivity index is 2.10. The summed E-state index contributed by atoms with van der Waals surface area (Å²) < 4.78 is 0. The Kier molecular flexibility index (Phi) is 9.23. The van der Waals surface area contributed by atoms with Crippen LogP contribution in [0.3, 0.4) is 0 Å². The summed E-state index contributed by atoms with van der Waals surface area (Å²) in [7, 11) is 0. The fourth-order valence-electron chi connectivity index (χ4n) is 3.24. The number of hydrogen-bond acceptors (Lipinski definition) is 12. The summed E-state index contributed by atoms with van der Waals surface area (Å²) >= 11 is 1.83. The molecule has 2 heterocycles. The molecule has 204 valence electrons. The Morgan fingerprint density at radius 1 is 0.763 bits per heavy atom. The number of carboxylic acid groups (broad SMARTS) is 3. The molecule has 0 spiro atoms. The van der Waals surface area contributed by atoms with Crippen molar-refractivity contribution in [3.63, 3.8) is 0 Å². The van der Waals surface area contributed by atoms with Crippen molar-refractivity contribution < 1.29 is 39.9 Å². The average Bonchev–Trinajstić information content (AvgIpc) is 3.47. The summed E-state index contributed by atoms with van der Waals surface area (Å²) in [6, 6.07) is -2.66. The number of phenols is 2. The van der Waals surface area contributed by atoms with Crippen molar-refractivity contribution in [3.8, 4) is 11.5 Å². The molecular weight excluding hydrogens is 542 g/mol. The number of carbonyl (C=O) groups is 3. The van der Waals surface area contributed by atoms with Crippen LogP contribution in [0.15, 0.2) is 38.6 Å². The van der Waals surface area contributed by atoms with Crippen LogP contribution >= 0.6 is 23.5 Å². The van der Waals surface area contributed by atoms with Gasteiger partial charge in [0, 0.05) is 17.7 Å². The number of H-pyrrole nitrogens is 2. The fourth-order valence-corrected chi connectivity index (χ4v) is 5.51. The number of imidazole rings is 2. The van der Waals surface area contributed by atoms with E-state index in [1.165, 1.54) is 18.7 Å². The Labute approximate surface area is 222 Å². The molecule has 3 aromatic rings. The van der Waals surface area contributed by atoms with Gasteiger partial charge in [0.25, 0.3) is 0 Å². The summed E-state index contributed by atoms with van der Waals surface area (Å²) in [5.74, 6) is -4.87. The third-order valence-electron chi connectivity index (χ3n) is 5.26. The van der Waals surface area contributed by atoms with E-state index in [2.05, 4.69) is 19.9 Å². The Morgan fingerprint density at radius 3 is 1.63 bits per heavy atom. The number of aromatic hydroxyl groups is 2. The average molecular weight is 568 g/mol. The highest BCUT2D eigenvalue weighted by Gasteiger charge is 2.27. The lowest BCUT2D eigenvalue weighted by molar-refractivity contribution is -0.139. The van der Waals surface area contributed by atoms with Gasteiger partial charge in [0.05, 0.1) is 28.9 Å². The highest BCUT2D eigenvalue weighted by molar-refractivity contribution is 8.02. The molecule has 0 aliphatic carbocycles. The molecule has 0 amide bonds. The first-order valence-corrected chi connectivity index (χ1v) is 12.4. The van der Waals surface area contributed by atoms with Crippen molar-refractivity contribution in [1.82, 2.24) is 19.9 Å². The number of carboxylic acids is 3. The second kappa shape index (κ2) is 12.2. The van der Waals surface area contributed by atoms with Gasteiger partial charge in [0.2, 0.25) is 0 Å². The van der Waals surface area contributed by atoms with Crippen LogP contribution in [0.4, 0.5) is 0 Å². The lowest BCUT2D eigenvalue weighted by atomic mass is 10.1. The number of nitrogens with one attached hydrogen (secondary N) is 2. The zero-order valence-electron chi connectivity index (χ0n) is 19.5. The first-order valence-electron chi connectivity index (χ1n) is 10.8. The van der Waals surface area contributed by atoms with Crippen molar-refractivity contribution in [2.24, 2.45) is 17.2 Å². The number of nitrogens with zero attached hydrogens (tertiary/aromatic N) is 2. The third kappa shape index (κ3) is 6.75. The van der Waals surface area contributed by atoms with Crippen molar-refractivity contribution in [1.29, 1.82) is 0 Å². The molecule has 0 fully saturated rings. The minimum atomic E-state index is -1.36. The Morgan fingerprint density at radius 2 is 1.18 bits per heavy atom. The minimum Gasteiger partial charge on any atom is -0.504 e. The van der Waals surface area contributed by atoms with Gasteiger partial charge in [-0.3, -0.25) is 14.4 Å². The quantitative estimate of drug-likeness (QED) is 0.119. The van der Waals surface area contributed by atoms with Gasteiger partial charge < -0.3 is 52.7 Å². The molecule has 38 heavy (non-hydrogen) atoms. The predicted octanol–water partition coefficient (Wildman–Crippen LogP) is -0.290. The molecule has 0 radical (unpaired) electrons. The zero-order chi connectivity index (χ0) is 28.1. The van der Waals surface area contributed by atoms with Gasteiger partial charge >= 0.3 is 17.9 Å². The summed E-state index contributed by atoms with van der Waals surface area (Å²) in [5, 5.41) is 49.5. The minimum absolute atomic E-state index is 0.0521. The molecule has 3 atom stereocenters. The Hall–Kier alpha value is -3.77. The molecule has 3 rings (SSSR count). The molecule has 3 unspecified atom stereocenters. The van der Waals surface area contributed by atoms with E-state index in [0.717, 1.165) is 23.5 Å². The van der Waals surface area contributed by atoms with E-state index in [-0.39, 0.29) is 44.7 Å². The molecule has 0 aliphatic heterocycles. The molecule has 2 aromatic heterocycles. The lowest BCUT2D eigenvalue weighted by Gasteiger charge is -2.18. The normalized spacial score (nSPS) is 13.7. The SMILES string of the molecule is NC(Cc1cc(O)c(O)c(Sc2nc[nH]c2CC(N)C(=O)O)c1Sc1nc[nH]c1CC(N)C(=O)O)C(=O)O. The molecule has 0 saturated heterocycles. The van der Waals surface area contributed by atoms with Crippen LogP contribution < -0.4 is 17.2 Å². The molecule has 15 nitrogen and oxygen atoms in total. The molecule has 13 N–H and O–H groups in total. The van der Waals surface area contributed by atoms with Gasteiger partial charge in [0.15, 0.2) is 11.5 Å². The number of nitrogens with two attached hydrogens (primary N) is 3. The Bertz CT molecular complexity index is 1350. The third-order valence-corrected chi connectivity index (χ3v) is 7.75. The van der Waals surface area contributed by atoms with Crippen LogP contribution in [-0.2, 0) is 33.6 Å². The van der Waals surface area contributed by atoms with Gasteiger partial charge in [-0.1, -0.05) is 23.5 Å². The summed E-state index contributed by atoms with van der Waals surface area (Å²) in [6.07, 6.45) is 2.16. The standard InChI is InChI=1S/C21H25N7O8S2/c22-8(19(31)32)1-7-2-13(29)14(30)16(38-18-12(26-6-28-18)4-10(24)21(35)36)15(7)37-17-11(25-5-27-17)3-9(23)20(33)34/h2,5-6,8-10,29-30H,1,3-4,22-24H2,(H,25,27)(H,26,28)(H,31,32)(H,33,34)(H,35,36). The van der Waals surface area contributed by atoms with Gasteiger partial charge in [0.1, 0.15) is 28.2 Å². The van der Waals surface area contributed by atoms with Gasteiger partial charge in [-0.05, 0) is 18.1 Å². The van der Waals surface area contributed by atoms with Crippen LogP contribution in [0.2, 0.25) is 0 Å². The molecule has 0 aliphatic rings. The topological polar surface area (TPSA) is 288 Å². The molecular formula is C21H25N7O8S2. The van der Waals surface area contributed by atoms with Gasteiger partial charge in [-0.15, -0.1) is 0 Å². The van der Waals surface area contributed by atoms with Gasteiger partial charge in [-0.25, -0.2) is 9.97 Å². The summed E-state index contributed by atoms with van der Waals surface area (Å²) in [5.41, 5.74) is 18.0. The predicted molar refractivity (Wildman–Crippen MR) is 133 cm³/mol. The van der Waals surface area contributed by atoms with Crippen molar-refractivity contribution in [3.05, 3.63) is 35.7 Å². The first kappa shape index (κ1) is 28.8. The van der Waals surface area contributed by atoms with Crippen LogP contribution in [0.25, 0.3) is 0 Å². The number of benzene rings is 1. The second-order valence-corrected chi connectivity index (χ2v) is 10.1. The highest BCUT2D eigenvalue weighted by atomic mass is 32.2. The van der Waals surface area contributed by atoms with Gasteiger partial charge in [-0.2, -0.15) is 0 Å². The van der Waals surface area contributed by atoms with E-state index in [1.807, 2.05) is 0 Å². The van der Waals surface area contributed by atoms with Crippen LogP contribution in [-0.4, -0.2) is 81.5 Å². The van der Waals surface area contributed by atoms with Crippen molar-refractivity contribution in [2.75, 3.05) is 0 Å². The monoisotopic (exact) mass is 567 g/mol. The van der Waals surface area contributed by atoms with Crippen molar-refractivity contribution >= 4 is 41.4 Å². The number of aromatic amines is 2. The molecule has 1 aromatic carbocycles. The zero-order valence-corrected chi connectivity index (χ0v) is 21.1. The molecule has 0 saturated carbocycles. The van der Waals surface area contributed by atoms with E-state index >= 15 is 0 Å². The van der Waals surface area contributed by atoms with E-state index in [1.54, 1.807) is 0 Å². The maximum atomic E-state index is 11.5.